The van der Waals surface area contributed by atoms with Gasteiger partial charge in [0.25, 0.3) is 0 Å². The molecule has 28 heavy (non-hydrogen) atoms. The van der Waals surface area contributed by atoms with E-state index in [1.165, 1.54) is 34.0 Å². The zero-order chi connectivity index (χ0) is 19.5. The number of nitrogens with one attached hydrogen (secondary N) is 3. The molecule has 4 rings (SSSR count). The SMILES string of the molecule is CCCNC1CCc2nc(N[C@H]3c4sc(N)nc4CCC3NCCC)sc2C1. The first kappa shape index (κ1) is 20.1. The molecule has 0 saturated heterocycles. The molecule has 2 aromatic heterocycles. The maximum Gasteiger partial charge on any atom is 0.183 e. The fourth-order valence-electron chi connectivity index (χ4n) is 4.25. The van der Waals surface area contributed by atoms with E-state index in [0.29, 0.717) is 17.2 Å². The maximum absolute atomic E-state index is 6.03. The summed E-state index contributed by atoms with van der Waals surface area (Å²) in [5.74, 6) is 0. The van der Waals surface area contributed by atoms with Crippen molar-refractivity contribution in [2.24, 2.45) is 0 Å². The highest BCUT2D eigenvalue weighted by Crippen LogP contribution is 2.39. The van der Waals surface area contributed by atoms with Gasteiger partial charge in [0, 0.05) is 17.0 Å². The fraction of sp³-hybridized carbons (Fsp3) is 0.700. The summed E-state index contributed by atoms with van der Waals surface area (Å²) in [6.07, 6.45) is 7.79. The lowest BCUT2D eigenvalue weighted by atomic mass is 9.92. The van der Waals surface area contributed by atoms with Crippen LogP contribution in [-0.2, 0) is 19.3 Å². The monoisotopic (exact) mass is 420 g/mol. The molecular weight excluding hydrogens is 388 g/mol. The number of rotatable bonds is 8. The summed E-state index contributed by atoms with van der Waals surface area (Å²) in [6, 6.07) is 1.20. The van der Waals surface area contributed by atoms with Crippen molar-refractivity contribution >= 4 is 32.9 Å². The lowest BCUT2D eigenvalue weighted by Crippen LogP contribution is -2.41. The van der Waals surface area contributed by atoms with Crippen LogP contribution in [0.1, 0.15) is 66.7 Å². The first-order valence-electron chi connectivity index (χ1n) is 10.6. The van der Waals surface area contributed by atoms with Crippen molar-refractivity contribution in [2.45, 2.75) is 76.9 Å². The number of nitrogen functional groups attached to an aromatic ring is 1. The molecule has 0 spiro atoms. The molecule has 0 aliphatic heterocycles. The van der Waals surface area contributed by atoms with E-state index in [0.717, 1.165) is 50.3 Å². The minimum absolute atomic E-state index is 0.201. The number of anilines is 2. The van der Waals surface area contributed by atoms with E-state index in [2.05, 4.69) is 34.8 Å². The molecule has 2 unspecified atom stereocenters. The van der Waals surface area contributed by atoms with Gasteiger partial charge in [-0.05, 0) is 58.0 Å². The highest BCUT2D eigenvalue weighted by Gasteiger charge is 2.33. The van der Waals surface area contributed by atoms with Gasteiger partial charge in [0.1, 0.15) is 0 Å². The Morgan fingerprint density at radius 1 is 1.00 bits per heavy atom. The van der Waals surface area contributed by atoms with Crippen molar-refractivity contribution in [2.75, 3.05) is 24.1 Å². The minimum Gasteiger partial charge on any atom is -0.375 e. The molecule has 2 heterocycles. The molecule has 2 aliphatic rings. The van der Waals surface area contributed by atoms with Crippen LogP contribution in [-0.4, -0.2) is 35.1 Å². The highest BCUT2D eigenvalue weighted by molar-refractivity contribution is 7.16. The third kappa shape index (κ3) is 4.35. The lowest BCUT2D eigenvalue weighted by Gasteiger charge is -2.32. The summed E-state index contributed by atoms with van der Waals surface area (Å²) in [7, 11) is 0. The first-order chi connectivity index (χ1) is 13.7. The molecule has 0 saturated carbocycles. The minimum atomic E-state index is 0.201. The molecule has 0 aromatic carbocycles. The Kier molecular flexibility index (Phi) is 6.50. The normalized spacial score (nSPS) is 24.0. The Bertz CT molecular complexity index is 786. The van der Waals surface area contributed by atoms with Crippen LogP contribution in [0.4, 0.5) is 10.3 Å². The van der Waals surface area contributed by atoms with Gasteiger partial charge in [-0.25, -0.2) is 9.97 Å². The Morgan fingerprint density at radius 3 is 2.61 bits per heavy atom. The lowest BCUT2D eigenvalue weighted by molar-refractivity contribution is 0.412. The molecule has 0 bridgehead atoms. The Morgan fingerprint density at radius 2 is 1.79 bits per heavy atom. The van der Waals surface area contributed by atoms with E-state index in [-0.39, 0.29) is 6.04 Å². The number of hydrogen-bond donors (Lipinski definition) is 4. The second-order valence-electron chi connectivity index (χ2n) is 7.87. The summed E-state index contributed by atoms with van der Waals surface area (Å²) in [6.45, 7) is 6.58. The highest BCUT2D eigenvalue weighted by atomic mass is 32.1. The van der Waals surface area contributed by atoms with Crippen molar-refractivity contribution < 1.29 is 0 Å². The van der Waals surface area contributed by atoms with E-state index in [1.54, 1.807) is 11.3 Å². The van der Waals surface area contributed by atoms with Gasteiger partial charge < -0.3 is 21.7 Å². The van der Waals surface area contributed by atoms with E-state index < -0.39 is 0 Å². The van der Waals surface area contributed by atoms with Gasteiger partial charge in [0.15, 0.2) is 10.3 Å². The van der Waals surface area contributed by atoms with Crippen LogP contribution in [0, 0.1) is 0 Å². The molecule has 8 heteroatoms. The number of aryl methyl sites for hydroxylation is 2. The van der Waals surface area contributed by atoms with Crippen molar-refractivity contribution in [3.05, 3.63) is 21.1 Å². The molecule has 0 fully saturated rings. The van der Waals surface area contributed by atoms with E-state index in [4.69, 9.17) is 10.7 Å². The van der Waals surface area contributed by atoms with Crippen LogP contribution in [0.3, 0.4) is 0 Å². The predicted molar refractivity (Wildman–Crippen MR) is 120 cm³/mol. The smallest absolute Gasteiger partial charge is 0.183 e. The third-order valence-corrected chi connectivity index (χ3v) is 7.74. The molecule has 5 N–H and O–H groups in total. The number of thiazole rings is 2. The zero-order valence-electron chi connectivity index (χ0n) is 16.9. The topological polar surface area (TPSA) is 87.9 Å². The van der Waals surface area contributed by atoms with Gasteiger partial charge in [0.2, 0.25) is 0 Å². The quantitative estimate of drug-likeness (QED) is 0.523. The third-order valence-electron chi connectivity index (χ3n) is 5.68. The van der Waals surface area contributed by atoms with Crippen molar-refractivity contribution in [1.29, 1.82) is 0 Å². The number of hydrogen-bond acceptors (Lipinski definition) is 8. The molecule has 2 aromatic rings. The van der Waals surface area contributed by atoms with Gasteiger partial charge in [0.05, 0.1) is 22.3 Å². The van der Waals surface area contributed by atoms with E-state index in [1.807, 2.05) is 11.3 Å². The molecule has 0 radical (unpaired) electrons. The number of nitrogens with zero attached hydrogens (tertiary/aromatic N) is 2. The summed E-state index contributed by atoms with van der Waals surface area (Å²) in [4.78, 5) is 12.3. The first-order valence-corrected chi connectivity index (χ1v) is 12.3. The van der Waals surface area contributed by atoms with Gasteiger partial charge in [-0.1, -0.05) is 25.2 Å². The summed E-state index contributed by atoms with van der Waals surface area (Å²) in [5, 5.41) is 12.9. The van der Waals surface area contributed by atoms with E-state index >= 15 is 0 Å². The fourth-order valence-corrected chi connectivity index (χ4v) is 6.38. The zero-order valence-corrected chi connectivity index (χ0v) is 18.5. The predicted octanol–water partition coefficient (Wildman–Crippen LogP) is 3.51. The number of nitrogens with two attached hydrogens (primary N) is 1. The van der Waals surface area contributed by atoms with Crippen molar-refractivity contribution in [1.82, 2.24) is 20.6 Å². The Labute approximate surface area is 175 Å². The maximum atomic E-state index is 6.03. The van der Waals surface area contributed by atoms with Crippen LogP contribution in [0.15, 0.2) is 0 Å². The molecule has 154 valence electrons. The molecular formula is C20H32N6S2. The van der Waals surface area contributed by atoms with Crippen LogP contribution >= 0.6 is 22.7 Å². The van der Waals surface area contributed by atoms with Crippen molar-refractivity contribution in [3.8, 4) is 0 Å². The molecule has 0 amide bonds. The standard InChI is InChI=1S/C20H32N6S2/c1-3-9-22-12-5-6-13-16(11-12)27-20(25-13)26-17-14(23-10-4-2)7-8-15-18(17)28-19(21)24-15/h12,14,17,22-23H,3-11H2,1-2H3,(H2,21,24)(H,25,26)/t12?,14?,17-/m1/s1. The molecule has 2 aliphatic carbocycles. The van der Waals surface area contributed by atoms with Gasteiger partial charge in [-0.3, -0.25) is 0 Å². The van der Waals surface area contributed by atoms with Gasteiger partial charge in [-0.2, -0.15) is 0 Å². The second-order valence-corrected chi connectivity index (χ2v) is 10.0. The van der Waals surface area contributed by atoms with Gasteiger partial charge in [-0.15, -0.1) is 11.3 Å². The van der Waals surface area contributed by atoms with Crippen LogP contribution < -0.4 is 21.7 Å². The van der Waals surface area contributed by atoms with Crippen LogP contribution in [0.25, 0.3) is 0 Å². The van der Waals surface area contributed by atoms with Crippen LogP contribution in [0.5, 0.6) is 0 Å². The number of fused-ring (bicyclic) bond motifs is 2. The van der Waals surface area contributed by atoms with Gasteiger partial charge >= 0.3 is 0 Å². The summed E-state index contributed by atoms with van der Waals surface area (Å²) < 4.78 is 0. The number of aromatic nitrogens is 2. The summed E-state index contributed by atoms with van der Waals surface area (Å²) in [5.41, 5.74) is 8.49. The second kappa shape index (κ2) is 9.07. The Hall–Kier alpha value is -1.22. The largest absolute Gasteiger partial charge is 0.375 e. The van der Waals surface area contributed by atoms with Crippen molar-refractivity contribution in [3.63, 3.8) is 0 Å². The average molecular weight is 421 g/mol. The Balaban J connectivity index is 1.51. The van der Waals surface area contributed by atoms with Crippen LogP contribution in [0.2, 0.25) is 0 Å². The average Bonchev–Trinajstić information content (AvgIpc) is 3.27. The molecule has 6 nitrogen and oxygen atoms in total. The van der Waals surface area contributed by atoms with E-state index in [9.17, 15) is 0 Å². The molecule has 3 atom stereocenters. The summed E-state index contributed by atoms with van der Waals surface area (Å²) >= 11 is 3.47.